The minimum Gasteiger partial charge on any atom is -0.509 e. The fourth-order valence-corrected chi connectivity index (χ4v) is 10.2. The van der Waals surface area contributed by atoms with E-state index in [9.17, 15) is 0 Å². The van der Waals surface area contributed by atoms with Gasteiger partial charge in [-0.3, -0.25) is 0 Å². The molecule has 2 atom stereocenters. The number of hydrogen-bond donors (Lipinski definition) is 0. The first kappa shape index (κ1) is 39.5. The zero-order chi connectivity index (χ0) is 42.0. The SMILES string of the molecule is CC(C)Cc1ccnc(-n2c3[c-]c(Oc4[c-]c([N+]56[CH-][N@+]5(c5cccc(C(C)(C)C)c5)c5ccccc56)cc(-n5c6ccccc6c6ccccc65)c4)ccc3c3ccccc32)c1.[Pt]. The molecule has 3 aromatic heterocycles. The van der Waals surface area contributed by atoms with Crippen LogP contribution in [-0.2, 0) is 32.9 Å². The fourth-order valence-electron chi connectivity index (χ4n) is 10.2. The van der Waals surface area contributed by atoms with E-state index in [0.717, 1.165) is 56.5 Å². The summed E-state index contributed by atoms with van der Waals surface area (Å²) in [5.41, 5.74) is 12.6. The van der Waals surface area contributed by atoms with Crippen LogP contribution < -0.4 is 13.9 Å². The second kappa shape index (κ2) is 14.4. The average Bonchev–Trinajstić information content (AvgIpc) is 3.56. The van der Waals surface area contributed by atoms with Gasteiger partial charge in [0.1, 0.15) is 5.82 Å². The van der Waals surface area contributed by atoms with Gasteiger partial charge in [0.15, 0.2) is 12.4 Å². The molecule has 2 aliphatic heterocycles. The fraction of sp³-hybridized carbons (Fsp3) is 0.143. The summed E-state index contributed by atoms with van der Waals surface area (Å²) < 4.78 is 12.7. The molecule has 5 heterocycles. The Morgan fingerprint density at radius 2 is 1.25 bits per heavy atom. The molecule has 0 aliphatic carbocycles. The van der Waals surface area contributed by atoms with Crippen LogP contribution in [0.1, 0.15) is 45.7 Å². The van der Waals surface area contributed by atoms with Crippen molar-refractivity contribution in [2.24, 2.45) is 5.92 Å². The summed E-state index contributed by atoms with van der Waals surface area (Å²) in [5.74, 6) is 2.64. The minimum atomic E-state index is 0. The summed E-state index contributed by atoms with van der Waals surface area (Å²) in [5, 5.41) is 4.67. The molecule has 7 heteroatoms. The third kappa shape index (κ3) is 5.85. The maximum absolute atomic E-state index is 7.04. The number of hydrogen-bond acceptors (Lipinski definition) is 2. The molecule has 0 radical (unpaired) electrons. The summed E-state index contributed by atoms with van der Waals surface area (Å²) in [6.07, 6.45) is 2.91. The molecule has 0 amide bonds. The van der Waals surface area contributed by atoms with Crippen LogP contribution in [0.5, 0.6) is 11.5 Å². The van der Waals surface area contributed by atoms with Crippen molar-refractivity contribution in [3.8, 4) is 23.0 Å². The van der Waals surface area contributed by atoms with Crippen molar-refractivity contribution in [3.63, 3.8) is 0 Å². The Morgan fingerprint density at radius 1 is 0.619 bits per heavy atom. The van der Waals surface area contributed by atoms with E-state index >= 15 is 0 Å². The van der Waals surface area contributed by atoms with Gasteiger partial charge in [-0.25, -0.2) is 9.58 Å². The topological polar surface area (TPSA) is 32.0 Å². The monoisotopic (exact) mass is 999 g/mol. The van der Waals surface area contributed by atoms with Gasteiger partial charge in [0.25, 0.3) is 0 Å². The van der Waals surface area contributed by atoms with E-state index in [1.807, 2.05) is 12.3 Å². The molecule has 0 bridgehead atoms. The van der Waals surface area contributed by atoms with E-state index < -0.39 is 0 Å². The van der Waals surface area contributed by atoms with Gasteiger partial charge in [0, 0.05) is 79.3 Å². The van der Waals surface area contributed by atoms with Crippen LogP contribution >= 0.6 is 0 Å². The molecule has 1 unspecified atom stereocenters. The quantitative estimate of drug-likeness (QED) is 0.0863. The van der Waals surface area contributed by atoms with Crippen LogP contribution in [0.15, 0.2) is 164 Å². The molecular weight excluding hydrogens is 954 g/mol. The second-order valence-corrected chi connectivity index (χ2v) is 18.4. The number of quaternary nitrogens is 2. The van der Waals surface area contributed by atoms with Crippen LogP contribution in [0.4, 0.5) is 22.7 Å². The molecule has 0 saturated carbocycles. The van der Waals surface area contributed by atoms with Crippen molar-refractivity contribution < 1.29 is 25.8 Å². The summed E-state index contributed by atoms with van der Waals surface area (Å²) in [4.78, 5) is 4.91. The number of pyridine rings is 1. The van der Waals surface area contributed by atoms with E-state index in [1.165, 1.54) is 39.0 Å². The Hall–Kier alpha value is -6.30. The van der Waals surface area contributed by atoms with Crippen molar-refractivity contribution in [1.29, 1.82) is 0 Å². The van der Waals surface area contributed by atoms with Gasteiger partial charge in [0.05, 0.1) is 16.7 Å². The summed E-state index contributed by atoms with van der Waals surface area (Å²) in [6.45, 7) is 13.8. The van der Waals surface area contributed by atoms with Gasteiger partial charge >= 0.3 is 0 Å². The number of rotatable bonds is 8. The number of para-hydroxylation sites is 5. The van der Waals surface area contributed by atoms with E-state index in [1.54, 1.807) is 0 Å². The second-order valence-electron chi connectivity index (χ2n) is 18.4. The van der Waals surface area contributed by atoms with Gasteiger partial charge in [-0.1, -0.05) is 137 Å². The van der Waals surface area contributed by atoms with Crippen molar-refractivity contribution in [2.45, 2.75) is 46.5 Å². The molecule has 2 aliphatic rings. The maximum atomic E-state index is 7.04. The Kier molecular flexibility index (Phi) is 9.02. The number of nitrogens with zero attached hydrogens (tertiary/aromatic N) is 5. The predicted molar refractivity (Wildman–Crippen MR) is 254 cm³/mol. The first-order valence-electron chi connectivity index (χ1n) is 21.7. The van der Waals surface area contributed by atoms with Crippen molar-refractivity contribution >= 4 is 66.4 Å². The van der Waals surface area contributed by atoms with Crippen molar-refractivity contribution in [2.75, 3.05) is 0 Å². The standard InChI is InChI=1S/C56H46N5O.Pt/c1-37(2)29-38-27-28-57-55(30-38)59-51-22-11-8-19-47(51)48-26-25-43(35-52(48)59)62-44-33-40(58-49-20-9-6-17-45(49)46-18-7-10-21-50(46)58)32-42(34-44)61-36-60(61,53-23-12-13-24-54(53)61)41-16-14-15-39(31-41)56(3,4)5;/h6-28,30-33,36-37H,29H2,1-5H3;/q-1;/t60-,61?;/m0./s1. The molecular formula is C56H46N5OPt-. The number of aromatic nitrogens is 3. The van der Waals surface area contributed by atoms with Crippen LogP contribution in [0.25, 0.3) is 55.1 Å². The number of benzene rings is 7. The third-order valence-corrected chi connectivity index (χ3v) is 13.0. The molecule has 10 aromatic rings. The number of fused-ring (bicyclic) bond motifs is 10. The first-order valence-corrected chi connectivity index (χ1v) is 21.7. The van der Waals surface area contributed by atoms with Crippen LogP contribution in [0.3, 0.4) is 0 Å². The minimum absolute atomic E-state index is 0. The van der Waals surface area contributed by atoms with Gasteiger partial charge in [-0.15, -0.1) is 23.6 Å². The molecule has 1 saturated heterocycles. The van der Waals surface area contributed by atoms with Crippen LogP contribution in [0.2, 0.25) is 0 Å². The zero-order valence-electron chi connectivity index (χ0n) is 35.9. The van der Waals surface area contributed by atoms with Crippen molar-refractivity contribution in [1.82, 2.24) is 23.3 Å². The molecule has 6 nitrogen and oxygen atoms in total. The Bertz CT molecular complexity index is 3390. The van der Waals surface area contributed by atoms with Crippen molar-refractivity contribution in [3.05, 3.63) is 194 Å². The number of ether oxygens (including phenoxy) is 1. The van der Waals surface area contributed by atoms with Gasteiger partial charge in [0.2, 0.25) is 11.4 Å². The van der Waals surface area contributed by atoms with E-state index in [-0.39, 0.29) is 26.5 Å². The van der Waals surface area contributed by atoms with Gasteiger partial charge in [-0.2, -0.15) is 10.7 Å². The Labute approximate surface area is 382 Å². The Balaban J connectivity index is 0.00000444. The van der Waals surface area contributed by atoms with E-state index in [4.69, 9.17) is 9.72 Å². The molecule has 12 rings (SSSR count). The molecule has 63 heavy (non-hydrogen) atoms. The van der Waals surface area contributed by atoms with Gasteiger partial charge < -0.3 is 13.9 Å². The summed E-state index contributed by atoms with van der Waals surface area (Å²) in [7, 11) is 0. The predicted octanol–water partition coefficient (Wildman–Crippen LogP) is 14.5. The molecule has 7 aromatic carbocycles. The molecule has 1 fully saturated rings. The molecule has 312 valence electrons. The normalized spacial score (nSPS) is 17.7. The molecule has 0 N–H and O–H groups in total. The average molecular weight is 1000 g/mol. The van der Waals surface area contributed by atoms with E-state index in [0.29, 0.717) is 26.6 Å². The first-order chi connectivity index (χ1) is 30.1. The summed E-state index contributed by atoms with van der Waals surface area (Å²) in [6, 6.07) is 64.4. The molecule has 0 spiro atoms. The Morgan fingerprint density at radius 3 is 1.94 bits per heavy atom. The zero-order valence-corrected chi connectivity index (χ0v) is 38.2. The van der Waals surface area contributed by atoms with E-state index in [2.05, 4.69) is 214 Å². The largest absolute Gasteiger partial charge is 0.509 e. The van der Waals surface area contributed by atoms with Gasteiger partial charge in [-0.05, 0) is 64.6 Å². The van der Waals surface area contributed by atoms with Crippen LogP contribution in [0, 0.1) is 24.7 Å². The van der Waals surface area contributed by atoms with Crippen LogP contribution in [-0.4, -0.2) is 14.1 Å². The smallest absolute Gasteiger partial charge is 0.225 e. The summed E-state index contributed by atoms with van der Waals surface area (Å²) >= 11 is 0. The third-order valence-electron chi connectivity index (χ3n) is 13.0. The maximum Gasteiger partial charge on any atom is 0.225 e.